The van der Waals surface area contributed by atoms with Gasteiger partial charge in [-0.1, -0.05) is 26.8 Å². The summed E-state index contributed by atoms with van der Waals surface area (Å²) in [5, 5.41) is 3.29. The molecule has 2 aliphatic rings. The molecule has 1 fully saturated rings. The summed E-state index contributed by atoms with van der Waals surface area (Å²) in [4.78, 5) is 19.9. The number of aromatic nitrogens is 1. The van der Waals surface area contributed by atoms with Crippen LogP contribution < -0.4 is 19.5 Å². The number of hydrogen-bond acceptors (Lipinski definition) is 6. The van der Waals surface area contributed by atoms with Gasteiger partial charge in [0.05, 0.1) is 18.8 Å². The Morgan fingerprint density at radius 3 is 2.88 bits per heavy atom. The number of carbonyl (C=O) groups excluding carboxylic acids is 1. The number of hydrogen-bond donors (Lipinski definition) is 1. The Hall–Kier alpha value is -2.80. The van der Waals surface area contributed by atoms with Crippen molar-refractivity contribution in [2.75, 3.05) is 27.0 Å². The van der Waals surface area contributed by atoms with Crippen LogP contribution in [-0.2, 0) is 11.3 Å². The van der Waals surface area contributed by atoms with E-state index in [-0.39, 0.29) is 24.7 Å². The lowest BCUT2D eigenvalue weighted by Crippen LogP contribution is -2.45. The third-order valence-electron chi connectivity index (χ3n) is 6.11. The number of nitrogens with zero attached hydrogens (tertiary/aromatic N) is 2. The third-order valence-corrected chi connectivity index (χ3v) is 6.11. The summed E-state index contributed by atoms with van der Waals surface area (Å²) < 4.78 is 16.6. The van der Waals surface area contributed by atoms with Crippen molar-refractivity contribution in [1.29, 1.82) is 0 Å². The second-order valence-corrected chi connectivity index (χ2v) is 9.63. The predicted molar refractivity (Wildman–Crippen MR) is 122 cm³/mol. The topological polar surface area (TPSA) is 72.9 Å². The first-order valence-electron chi connectivity index (χ1n) is 11.3. The highest BCUT2D eigenvalue weighted by atomic mass is 16.7. The number of pyridine rings is 1. The van der Waals surface area contributed by atoms with Gasteiger partial charge in [0.1, 0.15) is 0 Å². The Balaban J connectivity index is 1.51. The average molecular weight is 440 g/mol. The van der Waals surface area contributed by atoms with Gasteiger partial charge in [-0.05, 0) is 55.1 Å². The van der Waals surface area contributed by atoms with Gasteiger partial charge in [-0.15, -0.1) is 0 Å². The number of fused-ring (bicyclic) bond motifs is 1. The molecule has 2 atom stereocenters. The summed E-state index contributed by atoms with van der Waals surface area (Å²) in [6.07, 6.45) is 3.92. The second-order valence-electron chi connectivity index (χ2n) is 9.63. The van der Waals surface area contributed by atoms with E-state index in [4.69, 9.17) is 14.2 Å². The van der Waals surface area contributed by atoms with E-state index in [2.05, 4.69) is 15.2 Å². The van der Waals surface area contributed by atoms with Crippen molar-refractivity contribution < 1.29 is 19.0 Å². The van der Waals surface area contributed by atoms with Crippen LogP contribution in [0, 0.1) is 11.3 Å². The Kier molecular flexibility index (Phi) is 6.55. The molecule has 0 saturated carbocycles. The van der Waals surface area contributed by atoms with Crippen molar-refractivity contribution in [3.8, 4) is 17.2 Å². The van der Waals surface area contributed by atoms with E-state index in [1.165, 1.54) is 0 Å². The lowest BCUT2D eigenvalue weighted by Gasteiger charge is -2.38. The van der Waals surface area contributed by atoms with Gasteiger partial charge in [0.25, 0.3) is 0 Å². The third kappa shape index (κ3) is 4.99. The Morgan fingerprint density at radius 2 is 2.16 bits per heavy atom. The molecule has 3 heterocycles. The minimum atomic E-state index is -0.454. The van der Waals surface area contributed by atoms with Crippen LogP contribution in [0.5, 0.6) is 17.2 Å². The summed E-state index contributed by atoms with van der Waals surface area (Å²) in [6, 6.07) is 9.84. The number of likely N-dealkylation sites (tertiary alicyclic amines) is 1. The molecule has 2 unspecified atom stereocenters. The van der Waals surface area contributed by atoms with Gasteiger partial charge in [0.15, 0.2) is 11.5 Å². The first-order chi connectivity index (χ1) is 15.3. The highest BCUT2D eigenvalue weighted by Crippen LogP contribution is 2.42. The minimum absolute atomic E-state index is 0.0470. The molecule has 32 heavy (non-hydrogen) atoms. The Labute approximate surface area is 190 Å². The number of benzene rings is 1. The zero-order valence-electron chi connectivity index (χ0n) is 19.4. The van der Waals surface area contributed by atoms with E-state index >= 15 is 0 Å². The maximum absolute atomic E-state index is 12.9. The van der Waals surface area contributed by atoms with Crippen molar-refractivity contribution in [3.63, 3.8) is 0 Å². The maximum atomic E-state index is 12.9. The average Bonchev–Trinajstić information content (AvgIpc) is 3.25. The molecule has 4 rings (SSSR count). The SMILES string of the molecule is COc1cc(CN2CCCC(C(NC(=O)C(C)(C)C)c3ccccn3)C2)cc2c1OCO2. The predicted octanol–water partition coefficient (Wildman–Crippen LogP) is 3.93. The first kappa shape index (κ1) is 22.4. The fourth-order valence-corrected chi connectivity index (χ4v) is 4.39. The molecule has 172 valence electrons. The zero-order valence-corrected chi connectivity index (χ0v) is 19.4. The van der Waals surface area contributed by atoms with Crippen LogP contribution in [0.2, 0.25) is 0 Å². The van der Waals surface area contributed by atoms with E-state index in [9.17, 15) is 4.79 Å². The zero-order chi connectivity index (χ0) is 22.7. The van der Waals surface area contributed by atoms with Gasteiger partial charge in [0, 0.05) is 24.7 Å². The smallest absolute Gasteiger partial charge is 0.231 e. The molecule has 0 bridgehead atoms. The fraction of sp³-hybridized carbons (Fsp3) is 0.520. The largest absolute Gasteiger partial charge is 0.493 e. The number of rotatable bonds is 6. The number of piperidine rings is 1. The van der Waals surface area contributed by atoms with Crippen LogP contribution >= 0.6 is 0 Å². The van der Waals surface area contributed by atoms with Gasteiger partial charge in [-0.3, -0.25) is 14.7 Å². The van der Waals surface area contributed by atoms with Crippen LogP contribution in [0.3, 0.4) is 0 Å². The number of nitrogens with one attached hydrogen (secondary N) is 1. The normalized spacial score (nSPS) is 19.4. The quantitative estimate of drug-likeness (QED) is 0.735. The van der Waals surface area contributed by atoms with Crippen LogP contribution in [0.15, 0.2) is 36.5 Å². The van der Waals surface area contributed by atoms with Gasteiger partial charge in [-0.2, -0.15) is 0 Å². The molecule has 2 aromatic rings. The van der Waals surface area contributed by atoms with Crippen molar-refractivity contribution >= 4 is 5.91 Å². The van der Waals surface area contributed by atoms with E-state index < -0.39 is 5.41 Å². The van der Waals surface area contributed by atoms with Crippen LogP contribution in [0.1, 0.15) is 50.9 Å². The summed E-state index contributed by atoms with van der Waals surface area (Å²) >= 11 is 0. The molecule has 1 N–H and O–H groups in total. The van der Waals surface area contributed by atoms with Crippen molar-refractivity contribution in [3.05, 3.63) is 47.8 Å². The van der Waals surface area contributed by atoms with Crippen molar-refractivity contribution in [2.45, 2.75) is 46.2 Å². The molecule has 7 nitrogen and oxygen atoms in total. The lowest BCUT2D eigenvalue weighted by atomic mass is 9.86. The molecule has 1 aromatic carbocycles. The molecule has 2 aliphatic heterocycles. The molecular formula is C25H33N3O4. The summed E-state index contributed by atoms with van der Waals surface area (Å²) in [6.45, 7) is 8.72. The van der Waals surface area contributed by atoms with Gasteiger partial charge < -0.3 is 19.5 Å². The summed E-state index contributed by atoms with van der Waals surface area (Å²) in [5.41, 5.74) is 1.59. The Bertz CT molecular complexity index is 942. The highest BCUT2D eigenvalue weighted by Gasteiger charge is 2.33. The minimum Gasteiger partial charge on any atom is -0.493 e. The van der Waals surface area contributed by atoms with E-state index in [1.807, 2.05) is 51.1 Å². The lowest BCUT2D eigenvalue weighted by molar-refractivity contribution is -0.130. The van der Waals surface area contributed by atoms with Crippen molar-refractivity contribution in [1.82, 2.24) is 15.2 Å². The van der Waals surface area contributed by atoms with Gasteiger partial charge >= 0.3 is 0 Å². The Morgan fingerprint density at radius 1 is 1.31 bits per heavy atom. The first-order valence-corrected chi connectivity index (χ1v) is 11.3. The van der Waals surface area contributed by atoms with Gasteiger partial charge in [0.2, 0.25) is 18.4 Å². The number of carbonyl (C=O) groups is 1. The number of methoxy groups -OCH3 is 1. The molecule has 1 amide bonds. The highest BCUT2D eigenvalue weighted by molar-refractivity contribution is 5.81. The van der Waals surface area contributed by atoms with Crippen LogP contribution in [-0.4, -0.2) is 42.8 Å². The van der Waals surface area contributed by atoms with Crippen LogP contribution in [0.25, 0.3) is 0 Å². The van der Waals surface area contributed by atoms with Crippen LogP contribution in [0.4, 0.5) is 0 Å². The molecule has 7 heteroatoms. The molecule has 1 saturated heterocycles. The standard InChI is InChI=1S/C25H33N3O4/c1-25(2,3)24(29)27-22(19-9-5-6-10-26-19)18-8-7-11-28(15-18)14-17-12-20(30-4)23-21(13-17)31-16-32-23/h5-6,9-10,12-13,18,22H,7-8,11,14-16H2,1-4H3,(H,27,29). The monoisotopic (exact) mass is 439 g/mol. The molecule has 0 radical (unpaired) electrons. The number of ether oxygens (including phenoxy) is 3. The number of amides is 1. The summed E-state index contributed by atoms with van der Waals surface area (Å²) in [5.74, 6) is 2.43. The molecule has 0 spiro atoms. The van der Waals surface area contributed by atoms with E-state index in [0.29, 0.717) is 11.5 Å². The van der Waals surface area contributed by atoms with E-state index in [0.717, 1.165) is 49.5 Å². The maximum Gasteiger partial charge on any atom is 0.231 e. The fourth-order valence-electron chi connectivity index (χ4n) is 4.39. The van der Waals surface area contributed by atoms with Gasteiger partial charge in [-0.25, -0.2) is 0 Å². The second kappa shape index (κ2) is 9.36. The van der Waals surface area contributed by atoms with Crippen molar-refractivity contribution in [2.24, 2.45) is 11.3 Å². The summed E-state index contributed by atoms with van der Waals surface area (Å²) in [7, 11) is 1.65. The molecule has 0 aliphatic carbocycles. The molecule has 1 aromatic heterocycles. The molecular weight excluding hydrogens is 406 g/mol. The van der Waals surface area contributed by atoms with E-state index in [1.54, 1.807) is 13.3 Å².